The van der Waals surface area contributed by atoms with Gasteiger partial charge in [-0.2, -0.15) is 10.1 Å². The van der Waals surface area contributed by atoms with Crippen LogP contribution in [0.2, 0.25) is 0 Å². The molecule has 186 valence electrons. The number of allylic oxidation sites excluding steroid dienone is 2. The SMILES string of the molecule is CCCCn1ncnc1-n1cc(CCC)n(CC2(c3cccc(-c4nnn[nH]4)c3)C=CNC=C2)c1=O. The van der Waals surface area contributed by atoms with Crippen LogP contribution >= 0.6 is 0 Å². The number of aryl methyl sites for hydroxylation is 2. The van der Waals surface area contributed by atoms with E-state index in [2.05, 4.69) is 74.2 Å². The van der Waals surface area contributed by atoms with Crippen LogP contribution in [0.4, 0.5) is 0 Å². The molecule has 2 N–H and O–H groups in total. The van der Waals surface area contributed by atoms with Crippen molar-refractivity contribution in [1.29, 1.82) is 0 Å². The normalized spacial score (nSPS) is 14.3. The Bertz CT molecular complexity index is 1410. The number of imidazole rings is 1. The molecule has 0 aliphatic carbocycles. The van der Waals surface area contributed by atoms with Crippen LogP contribution in [-0.2, 0) is 24.9 Å². The number of nitrogens with one attached hydrogen (secondary N) is 2. The van der Waals surface area contributed by atoms with Crippen molar-refractivity contribution in [2.45, 2.75) is 58.0 Å². The van der Waals surface area contributed by atoms with Gasteiger partial charge in [-0.3, -0.25) is 4.57 Å². The molecule has 36 heavy (non-hydrogen) atoms. The average molecular weight is 487 g/mol. The van der Waals surface area contributed by atoms with E-state index in [4.69, 9.17) is 0 Å². The standard InChI is InChI=1S/C25H30N10O/c1-3-5-14-35-23(27-18-28-35)33-16-21(7-4-2)34(24(33)36)17-25(10-12-26-13-11-25)20-9-6-8-19(15-20)22-29-31-32-30-22/h6,8-13,15-16,18,26H,3-5,7,14,17H2,1-2H3,(H,29,30,31,32). The number of tetrazole rings is 1. The predicted octanol–water partition coefficient (Wildman–Crippen LogP) is 2.73. The summed E-state index contributed by atoms with van der Waals surface area (Å²) in [7, 11) is 0. The Morgan fingerprint density at radius 3 is 2.72 bits per heavy atom. The molecule has 0 fully saturated rings. The zero-order chi connectivity index (χ0) is 25.0. The lowest BCUT2D eigenvalue weighted by Crippen LogP contribution is -2.36. The number of nitrogens with zero attached hydrogens (tertiary/aromatic N) is 8. The summed E-state index contributed by atoms with van der Waals surface area (Å²) >= 11 is 0. The molecule has 0 atom stereocenters. The van der Waals surface area contributed by atoms with Gasteiger partial charge in [0.05, 0.1) is 5.41 Å². The van der Waals surface area contributed by atoms with Gasteiger partial charge in [-0.1, -0.05) is 57.0 Å². The molecule has 1 aliphatic rings. The molecule has 0 unspecified atom stereocenters. The minimum absolute atomic E-state index is 0.125. The molecule has 0 amide bonds. The summed E-state index contributed by atoms with van der Waals surface area (Å²) in [5.74, 6) is 1.14. The van der Waals surface area contributed by atoms with E-state index in [1.54, 1.807) is 9.25 Å². The van der Waals surface area contributed by atoms with Crippen molar-refractivity contribution >= 4 is 0 Å². The summed E-state index contributed by atoms with van der Waals surface area (Å²) in [6.45, 7) is 5.40. The number of H-pyrrole nitrogens is 1. The van der Waals surface area contributed by atoms with Gasteiger partial charge >= 0.3 is 5.69 Å². The highest BCUT2D eigenvalue weighted by atomic mass is 16.2. The Hall–Kier alpha value is -4.28. The van der Waals surface area contributed by atoms with Crippen LogP contribution in [0, 0.1) is 0 Å². The smallest absolute Gasteiger partial charge is 0.335 e. The summed E-state index contributed by atoms with van der Waals surface area (Å²) < 4.78 is 5.30. The van der Waals surface area contributed by atoms with Gasteiger partial charge in [-0.05, 0) is 47.3 Å². The van der Waals surface area contributed by atoms with E-state index in [9.17, 15) is 4.79 Å². The summed E-state index contributed by atoms with van der Waals surface area (Å²) in [5.41, 5.74) is 2.18. The Labute approximate surface area is 208 Å². The van der Waals surface area contributed by atoms with Gasteiger partial charge in [0.25, 0.3) is 0 Å². The van der Waals surface area contributed by atoms with Crippen LogP contribution in [0.5, 0.6) is 0 Å². The minimum Gasteiger partial charge on any atom is -0.368 e. The lowest BCUT2D eigenvalue weighted by atomic mass is 9.78. The van der Waals surface area contributed by atoms with Gasteiger partial charge in [-0.15, -0.1) is 5.10 Å². The number of benzene rings is 1. The van der Waals surface area contributed by atoms with Crippen LogP contribution in [0.15, 0.2) is 66.1 Å². The molecule has 0 saturated carbocycles. The number of hydrogen-bond acceptors (Lipinski definition) is 7. The monoisotopic (exact) mass is 486 g/mol. The molecule has 1 aromatic carbocycles. The van der Waals surface area contributed by atoms with Crippen molar-refractivity contribution in [3.8, 4) is 17.3 Å². The van der Waals surface area contributed by atoms with E-state index in [0.717, 1.165) is 49.0 Å². The van der Waals surface area contributed by atoms with E-state index in [1.165, 1.54) is 6.33 Å². The Kier molecular flexibility index (Phi) is 6.61. The third-order valence-corrected chi connectivity index (χ3v) is 6.49. The lowest BCUT2D eigenvalue weighted by Gasteiger charge is -2.31. The molecule has 3 aromatic heterocycles. The molecule has 0 saturated heterocycles. The highest BCUT2D eigenvalue weighted by Gasteiger charge is 2.31. The third-order valence-electron chi connectivity index (χ3n) is 6.49. The zero-order valence-corrected chi connectivity index (χ0v) is 20.5. The second kappa shape index (κ2) is 10.1. The topological polar surface area (TPSA) is 124 Å². The molecule has 5 rings (SSSR count). The van der Waals surface area contributed by atoms with Crippen molar-refractivity contribution in [3.05, 3.63) is 83.1 Å². The molecule has 0 radical (unpaired) electrons. The highest BCUT2D eigenvalue weighted by Crippen LogP contribution is 2.33. The Balaban J connectivity index is 1.59. The van der Waals surface area contributed by atoms with Gasteiger partial charge in [0.15, 0.2) is 5.82 Å². The van der Waals surface area contributed by atoms with E-state index in [0.29, 0.717) is 18.3 Å². The summed E-state index contributed by atoms with van der Waals surface area (Å²) in [6.07, 6.45) is 15.1. The number of unbranched alkanes of at least 4 members (excludes halogenated alkanes) is 1. The average Bonchev–Trinajstić information content (AvgIpc) is 3.66. The Morgan fingerprint density at radius 2 is 1.97 bits per heavy atom. The second-order valence-electron chi connectivity index (χ2n) is 8.95. The van der Waals surface area contributed by atoms with E-state index in [-0.39, 0.29) is 5.69 Å². The molecule has 11 nitrogen and oxygen atoms in total. The quantitative estimate of drug-likeness (QED) is 0.353. The molecule has 1 aliphatic heterocycles. The van der Waals surface area contributed by atoms with Crippen molar-refractivity contribution in [2.75, 3.05) is 0 Å². The van der Waals surface area contributed by atoms with Crippen LogP contribution in [-0.4, -0.2) is 44.5 Å². The first-order valence-electron chi connectivity index (χ1n) is 12.3. The minimum atomic E-state index is -0.552. The van der Waals surface area contributed by atoms with Crippen molar-refractivity contribution in [1.82, 2.24) is 49.8 Å². The maximum atomic E-state index is 13.8. The first-order valence-corrected chi connectivity index (χ1v) is 12.3. The zero-order valence-electron chi connectivity index (χ0n) is 20.5. The fourth-order valence-corrected chi connectivity index (χ4v) is 4.60. The van der Waals surface area contributed by atoms with Crippen LogP contribution in [0.25, 0.3) is 17.3 Å². The molecular formula is C25H30N10O. The number of aromatic amines is 1. The summed E-state index contributed by atoms with van der Waals surface area (Å²) in [5, 5.41) is 21.8. The fourth-order valence-electron chi connectivity index (χ4n) is 4.60. The number of hydrogen-bond donors (Lipinski definition) is 2. The van der Waals surface area contributed by atoms with Gasteiger partial charge < -0.3 is 5.32 Å². The fraction of sp³-hybridized carbons (Fsp3) is 0.360. The van der Waals surface area contributed by atoms with Crippen LogP contribution < -0.4 is 11.0 Å². The van der Waals surface area contributed by atoms with Gasteiger partial charge in [0, 0.05) is 30.5 Å². The van der Waals surface area contributed by atoms with Gasteiger partial charge in [0.1, 0.15) is 6.33 Å². The molecule has 4 heterocycles. The summed E-state index contributed by atoms with van der Waals surface area (Å²) in [4.78, 5) is 18.3. The first-order chi connectivity index (χ1) is 17.6. The van der Waals surface area contributed by atoms with Gasteiger partial charge in [-0.25, -0.2) is 19.1 Å². The molecular weight excluding hydrogens is 456 g/mol. The Morgan fingerprint density at radius 1 is 1.11 bits per heavy atom. The van der Waals surface area contributed by atoms with Crippen LogP contribution in [0.1, 0.15) is 44.4 Å². The predicted molar refractivity (Wildman–Crippen MR) is 135 cm³/mol. The second-order valence-corrected chi connectivity index (χ2v) is 8.95. The van der Waals surface area contributed by atoms with Crippen molar-refractivity contribution in [2.24, 2.45) is 0 Å². The number of dihydropyridines is 1. The van der Waals surface area contributed by atoms with Crippen molar-refractivity contribution < 1.29 is 0 Å². The van der Waals surface area contributed by atoms with E-state index < -0.39 is 5.41 Å². The maximum Gasteiger partial charge on any atom is 0.335 e. The molecule has 11 heteroatoms. The van der Waals surface area contributed by atoms with E-state index >= 15 is 0 Å². The summed E-state index contributed by atoms with van der Waals surface area (Å²) in [6, 6.07) is 8.07. The third kappa shape index (κ3) is 4.39. The highest BCUT2D eigenvalue weighted by molar-refractivity contribution is 5.57. The molecule has 0 bridgehead atoms. The van der Waals surface area contributed by atoms with E-state index in [1.807, 2.05) is 35.3 Å². The number of rotatable bonds is 10. The van der Waals surface area contributed by atoms with Crippen molar-refractivity contribution in [3.63, 3.8) is 0 Å². The van der Waals surface area contributed by atoms with Crippen LogP contribution in [0.3, 0.4) is 0 Å². The molecule has 4 aromatic rings. The first kappa shape index (κ1) is 23.5. The number of aromatic nitrogens is 9. The maximum absolute atomic E-state index is 13.8. The molecule has 0 spiro atoms. The lowest BCUT2D eigenvalue weighted by molar-refractivity contribution is 0.494. The largest absolute Gasteiger partial charge is 0.368 e. The van der Waals surface area contributed by atoms with Gasteiger partial charge in [0.2, 0.25) is 5.95 Å².